The van der Waals surface area contributed by atoms with Crippen molar-refractivity contribution in [3.63, 3.8) is 0 Å². The monoisotopic (exact) mass is 604 g/mol. The van der Waals surface area contributed by atoms with Gasteiger partial charge in [0, 0.05) is 37.7 Å². The number of aliphatic carboxylic acids is 3. The summed E-state index contributed by atoms with van der Waals surface area (Å²) in [5, 5.41) is 36.3. The molecule has 2 aromatic rings. The van der Waals surface area contributed by atoms with Crippen molar-refractivity contribution in [2.24, 2.45) is 5.92 Å². The van der Waals surface area contributed by atoms with Crippen LogP contribution in [0.3, 0.4) is 0 Å². The molecule has 0 saturated carbocycles. The van der Waals surface area contributed by atoms with E-state index < -0.39 is 72.7 Å². The summed E-state index contributed by atoms with van der Waals surface area (Å²) >= 11 is 0. The second kappa shape index (κ2) is 17.4. The van der Waals surface area contributed by atoms with Crippen LogP contribution in [0.2, 0.25) is 0 Å². The van der Waals surface area contributed by atoms with E-state index in [9.17, 15) is 38.7 Å². The number of benzene rings is 1. The van der Waals surface area contributed by atoms with Gasteiger partial charge in [0.05, 0.1) is 12.9 Å². The minimum Gasteiger partial charge on any atom is -0.481 e. The van der Waals surface area contributed by atoms with Crippen LogP contribution in [0.4, 0.5) is 4.79 Å². The number of ether oxygens (including phenoxy) is 1. The van der Waals surface area contributed by atoms with Crippen molar-refractivity contribution >= 4 is 41.7 Å². The first-order valence-electron chi connectivity index (χ1n) is 12.9. The van der Waals surface area contributed by atoms with Crippen LogP contribution in [-0.4, -0.2) is 92.2 Å². The fraction of sp³-hybridized carbons (Fsp3) is 0.385. The number of hydrogen-bond acceptors (Lipinski definition) is 9. The minimum atomic E-state index is -2.06. The van der Waals surface area contributed by atoms with Crippen LogP contribution in [0.15, 0.2) is 42.9 Å². The number of nitrogens with zero attached hydrogens (tertiary/aromatic N) is 1. The number of amides is 4. The molecule has 4 amide bonds. The van der Waals surface area contributed by atoms with Gasteiger partial charge in [-0.1, -0.05) is 30.3 Å². The average Bonchev–Trinajstić information content (AvgIpc) is 3.48. The summed E-state index contributed by atoms with van der Waals surface area (Å²) in [5.41, 5.74) is 1.34. The molecule has 2 atom stereocenters. The molecule has 0 aliphatic rings. The number of imidazole rings is 1. The Hall–Kier alpha value is -5.48. The number of carboxylic acid groups (broad SMARTS) is 3. The molecule has 2 rings (SSSR count). The van der Waals surface area contributed by atoms with Crippen LogP contribution in [0.5, 0.6) is 0 Å². The Morgan fingerprint density at radius 3 is 2.16 bits per heavy atom. The predicted octanol–water partition coefficient (Wildman–Crippen LogP) is -0.995. The van der Waals surface area contributed by atoms with Crippen molar-refractivity contribution in [1.29, 1.82) is 0 Å². The Balaban J connectivity index is 1.77. The molecule has 1 heterocycles. The molecule has 0 fully saturated rings. The molecule has 0 bridgehead atoms. The van der Waals surface area contributed by atoms with Crippen LogP contribution in [0.25, 0.3) is 0 Å². The van der Waals surface area contributed by atoms with Gasteiger partial charge in [-0.3, -0.25) is 24.0 Å². The number of carbonyl (C=O) groups is 7. The van der Waals surface area contributed by atoms with E-state index in [-0.39, 0.29) is 32.4 Å². The summed E-state index contributed by atoms with van der Waals surface area (Å²) in [6.07, 6.45) is 1.29. The minimum absolute atomic E-state index is 0.000353. The highest BCUT2D eigenvalue weighted by Crippen LogP contribution is 2.09. The molecule has 17 heteroatoms. The highest BCUT2D eigenvalue weighted by Gasteiger charge is 2.33. The lowest BCUT2D eigenvalue weighted by Crippen LogP contribution is -2.48. The van der Waals surface area contributed by atoms with Crippen LogP contribution >= 0.6 is 0 Å². The number of nitrogens with one attached hydrogen (secondary N) is 5. The van der Waals surface area contributed by atoms with Gasteiger partial charge in [0.15, 0.2) is 5.92 Å². The van der Waals surface area contributed by atoms with Crippen molar-refractivity contribution in [1.82, 2.24) is 31.2 Å². The summed E-state index contributed by atoms with van der Waals surface area (Å²) in [7, 11) is 0. The molecule has 1 aromatic carbocycles. The van der Waals surface area contributed by atoms with Crippen molar-refractivity contribution in [3.8, 4) is 0 Å². The maximum Gasteiger partial charge on any atom is 0.408 e. The first-order valence-corrected chi connectivity index (χ1v) is 12.9. The largest absolute Gasteiger partial charge is 0.481 e. The molecule has 8 N–H and O–H groups in total. The Kier molecular flexibility index (Phi) is 13.6. The number of rotatable bonds is 18. The van der Waals surface area contributed by atoms with E-state index in [1.165, 1.54) is 12.5 Å². The van der Waals surface area contributed by atoms with E-state index >= 15 is 0 Å². The number of alkyl carbamates (subject to hydrolysis) is 1. The predicted molar refractivity (Wildman–Crippen MR) is 144 cm³/mol. The highest BCUT2D eigenvalue weighted by molar-refractivity contribution is 5.94. The molecule has 232 valence electrons. The summed E-state index contributed by atoms with van der Waals surface area (Å²) in [4.78, 5) is 89.2. The number of aromatic amines is 1. The van der Waals surface area contributed by atoms with Crippen molar-refractivity contribution in [2.45, 2.75) is 44.4 Å². The van der Waals surface area contributed by atoms with Crippen LogP contribution in [0, 0.1) is 5.92 Å². The SMILES string of the molecule is O=C(CCCNC(=O)[C@H](Cc1cnc[nH]1)NC(=O)OCc1ccccc1)NCC(=O)N[C@@H](CC(C(=O)O)C(=O)O)C(=O)O. The quantitative estimate of drug-likeness (QED) is 0.0752. The molecule has 0 spiro atoms. The lowest BCUT2D eigenvalue weighted by atomic mass is 10.00. The van der Waals surface area contributed by atoms with Crippen LogP contribution in [-0.2, 0) is 46.5 Å². The van der Waals surface area contributed by atoms with E-state index in [0.29, 0.717) is 5.69 Å². The number of aromatic nitrogens is 2. The maximum atomic E-state index is 12.8. The molecule has 17 nitrogen and oxygen atoms in total. The highest BCUT2D eigenvalue weighted by atomic mass is 16.5. The number of carboxylic acids is 3. The molecule has 43 heavy (non-hydrogen) atoms. The summed E-state index contributed by atoms with van der Waals surface area (Å²) in [6, 6.07) is 6.11. The second-order valence-electron chi connectivity index (χ2n) is 9.13. The first kappa shape index (κ1) is 33.7. The fourth-order valence-electron chi connectivity index (χ4n) is 3.59. The van der Waals surface area contributed by atoms with Gasteiger partial charge in [0.1, 0.15) is 18.7 Å². The van der Waals surface area contributed by atoms with Crippen molar-refractivity contribution in [2.75, 3.05) is 13.1 Å². The van der Waals surface area contributed by atoms with Gasteiger partial charge in [-0.05, 0) is 12.0 Å². The zero-order valence-electron chi connectivity index (χ0n) is 22.8. The fourth-order valence-corrected chi connectivity index (χ4v) is 3.59. The third-order valence-electron chi connectivity index (χ3n) is 5.83. The first-order chi connectivity index (χ1) is 20.5. The Bertz CT molecular complexity index is 1260. The summed E-state index contributed by atoms with van der Waals surface area (Å²) in [6.45, 7) is -0.618. The van der Waals surface area contributed by atoms with E-state index in [2.05, 4.69) is 25.9 Å². The average molecular weight is 605 g/mol. The van der Waals surface area contributed by atoms with Gasteiger partial charge in [-0.2, -0.15) is 0 Å². The molecule has 1 aromatic heterocycles. The standard InChI is InChI=1S/C26H32N6O11/c33-20(29-12-21(34)31-19(25(40)41)10-17(23(36)37)24(38)39)7-4-8-28-22(35)18(9-16-11-27-14-30-16)32-26(42)43-13-15-5-2-1-3-6-15/h1-3,5-6,11,14,17-19H,4,7-10,12-13H2,(H,27,30)(H,28,35)(H,29,33)(H,31,34)(H,32,42)(H,36,37)(H,38,39)(H,40,41)/t18-,19-/m0/s1. The molecule has 0 aliphatic heterocycles. The molecular formula is C26H32N6O11. The lowest BCUT2D eigenvalue weighted by Gasteiger charge is -2.18. The zero-order valence-corrected chi connectivity index (χ0v) is 22.8. The lowest BCUT2D eigenvalue weighted by molar-refractivity contribution is -0.156. The van der Waals surface area contributed by atoms with Crippen molar-refractivity contribution in [3.05, 3.63) is 54.1 Å². The molecule has 0 saturated heterocycles. The molecule has 0 unspecified atom stereocenters. The Morgan fingerprint density at radius 2 is 1.56 bits per heavy atom. The maximum absolute atomic E-state index is 12.8. The van der Waals surface area contributed by atoms with Crippen LogP contribution < -0.4 is 21.3 Å². The molecule has 0 radical (unpaired) electrons. The third-order valence-corrected chi connectivity index (χ3v) is 5.83. The summed E-state index contributed by atoms with van der Waals surface area (Å²) in [5.74, 6) is -9.36. The van der Waals surface area contributed by atoms with Gasteiger partial charge in [-0.25, -0.2) is 14.6 Å². The van der Waals surface area contributed by atoms with E-state index in [4.69, 9.17) is 14.9 Å². The van der Waals surface area contributed by atoms with Gasteiger partial charge < -0.3 is 46.3 Å². The topological polar surface area (TPSA) is 266 Å². The Labute approximate surface area is 244 Å². The normalized spacial score (nSPS) is 11.9. The van der Waals surface area contributed by atoms with E-state index in [1.54, 1.807) is 24.3 Å². The van der Waals surface area contributed by atoms with Gasteiger partial charge >= 0.3 is 24.0 Å². The number of H-pyrrole nitrogens is 1. The van der Waals surface area contributed by atoms with Crippen molar-refractivity contribution < 1.29 is 53.6 Å². The number of carbonyl (C=O) groups excluding carboxylic acids is 4. The van der Waals surface area contributed by atoms with Crippen LogP contribution in [0.1, 0.15) is 30.5 Å². The number of hydrogen-bond donors (Lipinski definition) is 8. The van der Waals surface area contributed by atoms with E-state index in [0.717, 1.165) is 5.56 Å². The second-order valence-corrected chi connectivity index (χ2v) is 9.13. The van der Waals surface area contributed by atoms with Gasteiger partial charge in [0.25, 0.3) is 0 Å². The summed E-state index contributed by atoms with van der Waals surface area (Å²) < 4.78 is 5.18. The van der Waals surface area contributed by atoms with Gasteiger partial charge in [0.2, 0.25) is 17.7 Å². The molecular weight excluding hydrogens is 572 g/mol. The third kappa shape index (κ3) is 12.7. The van der Waals surface area contributed by atoms with E-state index in [1.807, 2.05) is 11.4 Å². The van der Waals surface area contributed by atoms with Gasteiger partial charge in [-0.15, -0.1) is 0 Å². The molecule has 0 aliphatic carbocycles. The zero-order chi connectivity index (χ0) is 31.8. The Morgan fingerprint density at radius 1 is 0.860 bits per heavy atom. The smallest absolute Gasteiger partial charge is 0.408 e.